The lowest BCUT2D eigenvalue weighted by atomic mass is 10.1. The van der Waals surface area contributed by atoms with Crippen molar-refractivity contribution < 1.29 is 0 Å². The van der Waals surface area contributed by atoms with Crippen LogP contribution in [0, 0.1) is 6.92 Å². The van der Waals surface area contributed by atoms with E-state index in [1.165, 1.54) is 10.3 Å². The number of rotatable bonds is 1. The molecule has 0 bridgehead atoms. The Balaban J connectivity index is 1.95. The molecule has 0 amide bonds. The van der Waals surface area contributed by atoms with Gasteiger partial charge >= 0.3 is 0 Å². The van der Waals surface area contributed by atoms with Crippen LogP contribution in [0.3, 0.4) is 0 Å². The van der Waals surface area contributed by atoms with Crippen molar-refractivity contribution in [1.82, 2.24) is 9.38 Å². The van der Waals surface area contributed by atoms with Crippen molar-refractivity contribution in [2.75, 3.05) is 5.73 Å². The molecule has 20 heavy (non-hydrogen) atoms. The summed E-state index contributed by atoms with van der Waals surface area (Å²) in [6.45, 7) is 2.10. The predicted molar refractivity (Wildman–Crippen MR) is 85.2 cm³/mol. The fraction of sp³-hybridized carbons (Fsp3) is 0.0625. The molecule has 0 fully saturated rings. The molecule has 2 aromatic carbocycles. The Morgan fingerprint density at radius 2 is 2.05 bits per heavy atom. The molecule has 2 heterocycles. The molecule has 4 rings (SSSR count). The molecular formula is C16H13N3S. The van der Waals surface area contributed by atoms with Gasteiger partial charge in [-0.2, -0.15) is 0 Å². The minimum atomic E-state index is 0.793. The number of nitrogens with two attached hydrogens (primary N) is 1. The van der Waals surface area contributed by atoms with Crippen molar-refractivity contribution in [3.05, 3.63) is 54.2 Å². The molecule has 0 atom stereocenters. The molecule has 98 valence electrons. The number of nitrogen functional groups attached to an aromatic ring is 1. The summed E-state index contributed by atoms with van der Waals surface area (Å²) in [5.41, 5.74) is 11.2. The second kappa shape index (κ2) is 4.08. The summed E-state index contributed by atoms with van der Waals surface area (Å²) in [6, 6.07) is 14.4. The Kier molecular flexibility index (Phi) is 2.35. The molecule has 3 nitrogen and oxygen atoms in total. The van der Waals surface area contributed by atoms with E-state index in [0.29, 0.717) is 0 Å². The predicted octanol–water partition coefficient (Wildman–Crippen LogP) is 4.11. The number of fused-ring (bicyclic) bond motifs is 3. The van der Waals surface area contributed by atoms with Crippen molar-refractivity contribution in [3.8, 4) is 11.3 Å². The van der Waals surface area contributed by atoms with Crippen molar-refractivity contribution in [2.24, 2.45) is 0 Å². The third kappa shape index (κ3) is 1.69. The molecular weight excluding hydrogens is 266 g/mol. The van der Waals surface area contributed by atoms with Crippen molar-refractivity contribution >= 4 is 32.2 Å². The molecule has 2 aromatic heterocycles. The van der Waals surface area contributed by atoms with Crippen LogP contribution in [0.25, 0.3) is 26.4 Å². The lowest BCUT2D eigenvalue weighted by molar-refractivity contribution is 1.30. The zero-order valence-electron chi connectivity index (χ0n) is 11.0. The van der Waals surface area contributed by atoms with E-state index in [2.05, 4.69) is 47.9 Å². The maximum atomic E-state index is 5.83. The van der Waals surface area contributed by atoms with Gasteiger partial charge in [-0.05, 0) is 31.2 Å². The van der Waals surface area contributed by atoms with Crippen LogP contribution in [0.4, 0.5) is 5.69 Å². The summed E-state index contributed by atoms with van der Waals surface area (Å²) in [4.78, 5) is 5.73. The van der Waals surface area contributed by atoms with E-state index < -0.39 is 0 Å². The number of nitrogens with zero attached hydrogens (tertiary/aromatic N) is 2. The van der Waals surface area contributed by atoms with Crippen LogP contribution in [0.5, 0.6) is 0 Å². The van der Waals surface area contributed by atoms with Gasteiger partial charge in [0.25, 0.3) is 0 Å². The molecule has 0 radical (unpaired) electrons. The molecule has 2 N–H and O–H groups in total. The lowest BCUT2D eigenvalue weighted by Gasteiger charge is -1.97. The highest BCUT2D eigenvalue weighted by Crippen LogP contribution is 2.30. The van der Waals surface area contributed by atoms with Crippen molar-refractivity contribution in [1.29, 1.82) is 0 Å². The summed E-state index contributed by atoms with van der Waals surface area (Å²) in [5.74, 6) is 0. The fourth-order valence-electron chi connectivity index (χ4n) is 2.46. The maximum Gasteiger partial charge on any atom is 0.195 e. The molecule has 0 aliphatic rings. The summed E-state index contributed by atoms with van der Waals surface area (Å²) >= 11 is 1.67. The summed E-state index contributed by atoms with van der Waals surface area (Å²) in [6.07, 6.45) is 2.10. The first-order valence-corrected chi connectivity index (χ1v) is 7.26. The van der Waals surface area contributed by atoms with Gasteiger partial charge in [0.05, 0.1) is 15.9 Å². The lowest BCUT2D eigenvalue weighted by Crippen LogP contribution is -1.83. The van der Waals surface area contributed by atoms with E-state index in [9.17, 15) is 0 Å². The Labute approximate surface area is 120 Å². The molecule has 0 unspecified atom stereocenters. The van der Waals surface area contributed by atoms with Crippen LogP contribution in [0.1, 0.15) is 5.56 Å². The van der Waals surface area contributed by atoms with E-state index in [-0.39, 0.29) is 0 Å². The number of benzene rings is 2. The second-order valence-corrected chi connectivity index (χ2v) is 5.99. The van der Waals surface area contributed by atoms with Crippen LogP contribution in [0.15, 0.2) is 48.7 Å². The van der Waals surface area contributed by atoms with Gasteiger partial charge in [-0.25, -0.2) is 4.98 Å². The Bertz CT molecular complexity index is 933. The Hall–Kier alpha value is -2.33. The number of thiazole rings is 1. The highest BCUT2D eigenvalue weighted by Gasteiger charge is 2.10. The molecule has 0 aliphatic carbocycles. The van der Waals surface area contributed by atoms with E-state index in [4.69, 9.17) is 10.7 Å². The van der Waals surface area contributed by atoms with Gasteiger partial charge in [-0.15, -0.1) is 0 Å². The van der Waals surface area contributed by atoms with Gasteiger partial charge in [0, 0.05) is 17.4 Å². The van der Waals surface area contributed by atoms with E-state index in [1.54, 1.807) is 11.3 Å². The quantitative estimate of drug-likeness (QED) is 0.533. The monoisotopic (exact) mass is 279 g/mol. The van der Waals surface area contributed by atoms with Gasteiger partial charge in [-0.1, -0.05) is 35.1 Å². The second-order valence-electron chi connectivity index (χ2n) is 4.98. The van der Waals surface area contributed by atoms with Crippen LogP contribution in [-0.2, 0) is 0 Å². The molecule has 0 aliphatic heterocycles. The number of aryl methyl sites for hydroxylation is 1. The van der Waals surface area contributed by atoms with Gasteiger partial charge in [0.2, 0.25) is 0 Å². The zero-order chi connectivity index (χ0) is 13.7. The standard InChI is InChI=1S/C16H13N3S/c1-10-3-2-4-11(7-10)13-9-19-14-6-5-12(17)8-15(14)20-16(19)18-13/h2-9H,17H2,1H3. The third-order valence-electron chi connectivity index (χ3n) is 3.43. The van der Waals surface area contributed by atoms with Crippen LogP contribution in [0.2, 0.25) is 0 Å². The molecule has 4 aromatic rings. The minimum absolute atomic E-state index is 0.793. The van der Waals surface area contributed by atoms with Crippen LogP contribution < -0.4 is 5.73 Å². The highest BCUT2D eigenvalue weighted by atomic mass is 32.1. The molecule has 0 saturated heterocycles. The van der Waals surface area contributed by atoms with Crippen molar-refractivity contribution in [3.63, 3.8) is 0 Å². The average Bonchev–Trinajstić information content (AvgIpc) is 2.95. The summed E-state index contributed by atoms with van der Waals surface area (Å²) in [7, 11) is 0. The van der Waals surface area contributed by atoms with E-state index in [1.807, 2.05) is 12.1 Å². The fourth-order valence-corrected chi connectivity index (χ4v) is 3.52. The normalized spacial score (nSPS) is 11.4. The number of imidazole rings is 1. The van der Waals surface area contributed by atoms with E-state index >= 15 is 0 Å². The average molecular weight is 279 g/mol. The topological polar surface area (TPSA) is 43.3 Å². The number of hydrogen-bond acceptors (Lipinski definition) is 3. The Morgan fingerprint density at radius 1 is 1.15 bits per heavy atom. The Morgan fingerprint density at radius 3 is 2.90 bits per heavy atom. The summed E-state index contributed by atoms with van der Waals surface area (Å²) < 4.78 is 3.31. The minimum Gasteiger partial charge on any atom is -0.399 e. The smallest absolute Gasteiger partial charge is 0.195 e. The molecule has 0 spiro atoms. The van der Waals surface area contributed by atoms with E-state index in [0.717, 1.165) is 27.4 Å². The highest BCUT2D eigenvalue weighted by molar-refractivity contribution is 7.23. The van der Waals surface area contributed by atoms with Crippen LogP contribution >= 0.6 is 11.3 Å². The summed E-state index contributed by atoms with van der Waals surface area (Å²) in [5, 5.41) is 0. The maximum absolute atomic E-state index is 5.83. The van der Waals surface area contributed by atoms with Gasteiger partial charge in [-0.3, -0.25) is 4.40 Å². The van der Waals surface area contributed by atoms with Crippen molar-refractivity contribution in [2.45, 2.75) is 6.92 Å². The first kappa shape index (κ1) is 11.5. The SMILES string of the molecule is Cc1cccc(-c2cn3c(n2)sc2cc(N)ccc23)c1. The number of aromatic nitrogens is 2. The first-order chi connectivity index (χ1) is 9.70. The number of hydrogen-bond donors (Lipinski definition) is 1. The molecule has 0 saturated carbocycles. The van der Waals surface area contributed by atoms with Gasteiger partial charge in [0.15, 0.2) is 4.96 Å². The molecule has 4 heteroatoms. The third-order valence-corrected chi connectivity index (χ3v) is 4.45. The number of anilines is 1. The zero-order valence-corrected chi connectivity index (χ0v) is 11.8. The van der Waals surface area contributed by atoms with Gasteiger partial charge in [0.1, 0.15) is 0 Å². The van der Waals surface area contributed by atoms with Gasteiger partial charge < -0.3 is 5.73 Å². The largest absolute Gasteiger partial charge is 0.399 e. The van der Waals surface area contributed by atoms with Crippen LogP contribution in [-0.4, -0.2) is 9.38 Å². The first-order valence-electron chi connectivity index (χ1n) is 6.45.